The molecule has 0 unspecified atom stereocenters. The number of ether oxygens (including phenoxy) is 2. The Morgan fingerprint density at radius 1 is 0.927 bits per heavy atom. The maximum Gasteiger partial charge on any atom is 0.225 e. The second-order valence-corrected chi connectivity index (χ2v) is 11.2. The first-order valence-corrected chi connectivity index (χ1v) is 14.5. The van der Waals surface area contributed by atoms with Gasteiger partial charge in [0.05, 0.1) is 41.9 Å². The molecule has 1 aromatic carbocycles. The average molecular weight is 558 g/mol. The number of hydrogen-bond donors (Lipinski definition) is 3. The smallest absolute Gasteiger partial charge is 0.225 e. The number of hydrogen-bond acceptors (Lipinski definition) is 11. The number of aromatic hydroxyl groups is 1. The number of fused-ring (bicyclic) bond motifs is 1. The second kappa shape index (κ2) is 11.1. The zero-order chi connectivity index (χ0) is 27.8. The molecule has 12 heteroatoms. The summed E-state index contributed by atoms with van der Waals surface area (Å²) >= 11 is 0. The molecule has 2 aliphatic heterocycles. The summed E-state index contributed by atoms with van der Waals surface area (Å²) in [6, 6.07) is 9.14. The maximum atomic E-state index is 10.3. The molecule has 4 aromatic rings. The van der Waals surface area contributed by atoms with Gasteiger partial charge in [0, 0.05) is 31.5 Å². The lowest BCUT2D eigenvalue weighted by molar-refractivity contribution is -0.103. The molecule has 4 N–H and O–H groups in total. The van der Waals surface area contributed by atoms with Crippen molar-refractivity contribution in [1.82, 2.24) is 35.3 Å². The van der Waals surface area contributed by atoms with E-state index in [0.29, 0.717) is 46.5 Å². The first-order valence-electron chi connectivity index (χ1n) is 14.5. The molecule has 3 aliphatic rings. The maximum absolute atomic E-state index is 10.3. The van der Waals surface area contributed by atoms with E-state index in [0.717, 1.165) is 70.2 Å². The Morgan fingerprint density at radius 2 is 1.68 bits per heavy atom. The number of rotatable bonds is 7. The SMILES string of the molecule is Nc1nn(C2CCN(c3ncc(O[C@H]4C[C@H](OC5CCNCC5)C4)cn3)CC2)c2cc(-c3ccccc3O)nnc12. The molecule has 0 radical (unpaired) electrons. The van der Waals surface area contributed by atoms with Crippen LogP contribution in [0.3, 0.4) is 0 Å². The Morgan fingerprint density at radius 3 is 2.44 bits per heavy atom. The average Bonchev–Trinajstić information content (AvgIpc) is 3.33. The predicted octanol–water partition coefficient (Wildman–Crippen LogP) is 3.09. The molecule has 214 valence electrons. The van der Waals surface area contributed by atoms with Crippen molar-refractivity contribution < 1.29 is 14.6 Å². The monoisotopic (exact) mass is 557 g/mol. The Labute approximate surface area is 237 Å². The number of piperidine rings is 2. The molecule has 0 spiro atoms. The van der Waals surface area contributed by atoms with E-state index in [1.807, 2.05) is 22.9 Å². The number of aromatic nitrogens is 6. The zero-order valence-corrected chi connectivity index (χ0v) is 22.9. The number of para-hydroxylation sites is 1. The van der Waals surface area contributed by atoms with Crippen molar-refractivity contribution in [3.05, 3.63) is 42.7 Å². The van der Waals surface area contributed by atoms with E-state index >= 15 is 0 Å². The number of nitrogens with zero attached hydrogens (tertiary/aromatic N) is 7. The number of nitrogen functional groups attached to an aromatic ring is 1. The van der Waals surface area contributed by atoms with Crippen LogP contribution in [0.15, 0.2) is 42.7 Å². The van der Waals surface area contributed by atoms with Crippen LogP contribution in [0.4, 0.5) is 11.8 Å². The van der Waals surface area contributed by atoms with Crippen molar-refractivity contribution in [1.29, 1.82) is 0 Å². The summed E-state index contributed by atoms with van der Waals surface area (Å²) in [7, 11) is 0. The van der Waals surface area contributed by atoms with Gasteiger partial charge in [0.25, 0.3) is 0 Å². The molecule has 2 saturated heterocycles. The van der Waals surface area contributed by atoms with Gasteiger partial charge in [-0.2, -0.15) is 5.10 Å². The molecule has 41 heavy (non-hydrogen) atoms. The van der Waals surface area contributed by atoms with Crippen LogP contribution in [-0.2, 0) is 4.74 Å². The topological polar surface area (TPSA) is 149 Å². The highest BCUT2D eigenvalue weighted by molar-refractivity contribution is 5.87. The molecule has 0 atom stereocenters. The molecule has 1 saturated carbocycles. The van der Waals surface area contributed by atoms with E-state index in [4.69, 9.17) is 15.2 Å². The number of phenolic OH excluding ortho intramolecular Hbond substituents is 1. The van der Waals surface area contributed by atoms with Crippen molar-refractivity contribution in [3.8, 4) is 22.8 Å². The van der Waals surface area contributed by atoms with Gasteiger partial charge in [-0.15, -0.1) is 10.2 Å². The van der Waals surface area contributed by atoms with Gasteiger partial charge in [0.1, 0.15) is 11.9 Å². The summed E-state index contributed by atoms with van der Waals surface area (Å²) in [5.74, 6) is 1.92. The van der Waals surface area contributed by atoms with Gasteiger partial charge in [-0.3, -0.25) is 4.68 Å². The second-order valence-electron chi connectivity index (χ2n) is 11.2. The molecule has 0 amide bonds. The Kier molecular flexibility index (Phi) is 7.01. The van der Waals surface area contributed by atoms with E-state index in [-0.39, 0.29) is 17.9 Å². The van der Waals surface area contributed by atoms with Gasteiger partial charge < -0.3 is 30.5 Å². The molecule has 5 heterocycles. The van der Waals surface area contributed by atoms with E-state index in [2.05, 4.69) is 35.5 Å². The van der Waals surface area contributed by atoms with Crippen LogP contribution >= 0.6 is 0 Å². The van der Waals surface area contributed by atoms with Gasteiger partial charge in [-0.1, -0.05) is 12.1 Å². The lowest BCUT2D eigenvalue weighted by Crippen LogP contribution is -2.43. The van der Waals surface area contributed by atoms with Crippen LogP contribution in [-0.4, -0.2) is 79.5 Å². The van der Waals surface area contributed by atoms with Crippen LogP contribution < -0.4 is 20.7 Å². The van der Waals surface area contributed by atoms with Crippen LogP contribution in [0.2, 0.25) is 0 Å². The summed E-state index contributed by atoms with van der Waals surface area (Å²) in [6.45, 7) is 3.67. The number of benzene rings is 1. The number of anilines is 2. The lowest BCUT2D eigenvalue weighted by Gasteiger charge is -2.38. The van der Waals surface area contributed by atoms with E-state index < -0.39 is 0 Å². The minimum Gasteiger partial charge on any atom is -0.507 e. The summed E-state index contributed by atoms with van der Waals surface area (Å²) < 4.78 is 14.3. The zero-order valence-electron chi connectivity index (χ0n) is 22.9. The molecule has 7 rings (SSSR count). The first kappa shape index (κ1) is 25.9. The third-order valence-electron chi connectivity index (χ3n) is 8.39. The van der Waals surface area contributed by atoms with Crippen molar-refractivity contribution in [2.24, 2.45) is 0 Å². The Balaban J connectivity index is 0.954. The van der Waals surface area contributed by atoms with Gasteiger partial charge in [0.2, 0.25) is 5.95 Å². The van der Waals surface area contributed by atoms with E-state index in [1.54, 1.807) is 24.5 Å². The van der Waals surface area contributed by atoms with Crippen LogP contribution in [0.5, 0.6) is 11.5 Å². The van der Waals surface area contributed by atoms with Crippen molar-refractivity contribution in [2.45, 2.75) is 62.9 Å². The van der Waals surface area contributed by atoms with Crippen molar-refractivity contribution >= 4 is 22.8 Å². The first-order chi connectivity index (χ1) is 20.1. The summed E-state index contributed by atoms with van der Waals surface area (Å²) in [4.78, 5) is 11.4. The Bertz CT molecular complexity index is 1490. The normalized spacial score (nSPS) is 22.1. The summed E-state index contributed by atoms with van der Waals surface area (Å²) in [5, 5.41) is 26.9. The van der Waals surface area contributed by atoms with Crippen molar-refractivity contribution in [3.63, 3.8) is 0 Å². The quantitative estimate of drug-likeness (QED) is 0.308. The number of nitrogens with one attached hydrogen (secondary N) is 1. The summed E-state index contributed by atoms with van der Waals surface area (Å²) in [5.41, 5.74) is 8.78. The minimum absolute atomic E-state index is 0.147. The minimum atomic E-state index is 0.147. The van der Waals surface area contributed by atoms with Gasteiger partial charge >= 0.3 is 0 Å². The third kappa shape index (κ3) is 5.36. The fourth-order valence-corrected chi connectivity index (χ4v) is 6.02. The highest BCUT2D eigenvalue weighted by atomic mass is 16.5. The molecule has 1 aliphatic carbocycles. The Hall–Kier alpha value is -4.03. The largest absolute Gasteiger partial charge is 0.507 e. The molecular weight excluding hydrogens is 522 g/mol. The van der Waals surface area contributed by atoms with Crippen LogP contribution in [0.1, 0.15) is 44.6 Å². The predicted molar refractivity (Wildman–Crippen MR) is 154 cm³/mol. The summed E-state index contributed by atoms with van der Waals surface area (Å²) in [6.07, 6.45) is 10.1. The number of phenols is 1. The number of nitrogens with two attached hydrogens (primary N) is 1. The highest BCUT2D eigenvalue weighted by Gasteiger charge is 2.34. The molecule has 3 fully saturated rings. The van der Waals surface area contributed by atoms with Crippen LogP contribution in [0, 0.1) is 0 Å². The van der Waals surface area contributed by atoms with E-state index in [1.165, 1.54) is 0 Å². The molecular formula is C29H35N9O3. The molecule has 3 aromatic heterocycles. The van der Waals surface area contributed by atoms with Gasteiger partial charge in [0.15, 0.2) is 17.1 Å². The standard InChI is InChI=1S/C29H35N9O3/c30-28-27-25(15-24(34-35-27)23-3-1-2-4-26(23)39)38(36-28)18-7-11-37(12-8-18)29-32-16-22(17-33-29)41-21-13-20(14-21)40-19-5-9-31-10-6-19/h1-4,15-21,31,39H,5-14H2,(H2,30,36)/t20-,21-. The van der Waals surface area contributed by atoms with E-state index in [9.17, 15) is 5.11 Å². The van der Waals surface area contributed by atoms with Gasteiger partial charge in [-0.05, 0) is 57.0 Å². The van der Waals surface area contributed by atoms with Crippen molar-refractivity contribution in [2.75, 3.05) is 36.8 Å². The van der Waals surface area contributed by atoms with Crippen LogP contribution in [0.25, 0.3) is 22.3 Å². The third-order valence-corrected chi connectivity index (χ3v) is 8.39. The lowest BCUT2D eigenvalue weighted by atomic mass is 9.91. The highest BCUT2D eigenvalue weighted by Crippen LogP contribution is 2.34. The molecule has 0 bridgehead atoms. The fourth-order valence-electron chi connectivity index (χ4n) is 6.02. The molecule has 12 nitrogen and oxygen atoms in total. The van der Waals surface area contributed by atoms with Gasteiger partial charge in [-0.25, -0.2) is 9.97 Å². The fraction of sp³-hybridized carbons (Fsp3) is 0.483.